The van der Waals surface area contributed by atoms with Crippen molar-refractivity contribution in [1.29, 1.82) is 0 Å². The molecule has 0 saturated heterocycles. The van der Waals surface area contributed by atoms with Crippen LogP contribution in [0.5, 0.6) is 5.75 Å². The summed E-state index contributed by atoms with van der Waals surface area (Å²) in [6.45, 7) is 3.10. The summed E-state index contributed by atoms with van der Waals surface area (Å²) in [7, 11) is -2.33. The van der Waals surface area contributed by atoms with Gasteiger partial charge in [-0.3, -0.25) is 4.79 Å². The third kappa shape index (κ3) is 5.04. The largest absolute Gasteiger partial charge is 0.495 e. The standard InChI is InChI=1S/C17H19BrN2O4S/c1-11(13-5-4-6-14(18)9-13)20-25(22,23)15-7-8-17(24-3)16(10-15)19-12(2)21/h4-11,20H,1-3H3,(H,19,21)/t11-/m1/s1. The van der Waals surface area contributed by atoms with E-state index < -0.39 is 16.1 Å². The molecule has 0 bridgehead atoms. The van der Waals surface area contributed by atoms with Gasteiger partial charge in [0.1, 0.15) is 5.75 Å². The normalized spacial score (nSPS) is 12.5. The molecule has 2 aromatic rings. The Morgan fingerprint density at radius 1 is 1.20 bits per heavy atom. The molecule has 2 rings (SSSR count). The predicted octanol–water partition coefficient (Wildman–Crippen LogP) is 3.46. The number of ether oxygens (including phenoxy) is 1. The molecule has 0 aliphatic rings. The number of carbonyl (C=O) groups is 1. The quantitative estimate of drug-likeness (QED) is 0.740. The first-order chi connectivity index (χ1) is 11.7. The SMILES string of the molecule is COc1ccc(S(=O)(=O)N[C@H](C)c2cccc(Br)c2)cc1NC(C)=O. The maximum Gasteiger partial charge on any atom is 0.241 e. The highest BCUT2D eigenvalue weighted by Crippen LogP contribution is 2.28. The van der Waals surface area contributed by atoms with E-state index in [1.165, 1.54) is 32.2 Å². The van der Waals surface area contributed by atoms with Crippen molar-refractivity contribution < 1.29 is 17.9 Å². The van der Waals surface area contributed by atoms with E-state index in [4.69, 9.17) is 4.74 Å². The number of amides is 1. The predicted molar refractivity (Wildman–Crippen MR) is 100 cm³/mol. The van der Waals surface area contributed by atoms with Crippen LogP contribution in [0.4, 0.5) is 5.69 Å². The van der Waals surface area contributed by atoms with Crippen molar-refractivity contribution in [2.45, 2.75) is 24.8 Å². The monoisotopic (exact) mass is 426 g/mol. The summed E-state index contributed by atoms with van der Waals surface area (Å²) in [6, 6.07) is 11.3. The lowest BCUT2D eigenvalue weighted by Gasteiger charge is -2.16. The number of nitrogens with one attached hydrogen (secondary N) is 2. The molecule has 0 saturated carbocycles. The van der Waals surface area contributed by atoms with Gasteiger partial charge >= 0.3 is 0 Å². The highest BCUT2D eigenvalue weighted by atomic mass is 79.9. The van der Waals surface area contributed by atoms with Gasteiger partial charge < -0.3 is 10.1 Å². The van der Waals surface area contributed by atoms with E-state index in [2.05, 4.69) is 26.0 Å². The van der Waals surface area contributed by atoms with Crippen molar-refractivity contribution in [3.05, 3.63) is 52.5 Å². The van der Waals surface area contributed by atoms with Crippen molar-refractivity contribution in [2.75, 3.05) is 12.4 Å². The number of benzene rings is 2. The lowest BCUT2D eigenvalue weighted by molar-refractivity contribution is -0.114. The van der Waals surface area contributed by atoms with E-state index in [1.807, 2.05) is 24.3 Å². The molecule has 0 spiro atoms. The van der Waals surface area contributed by atoms with Crippen molar-refractivity contribution in [3.8, 4) is 5.75 Å². The van der Waals surface area contributed by atoms with Crippen LogP contribution in [0.2, 0.25) is 0 Å². The van der Waals surface area contributed by atoms with Crippen molar-refractivity contribution in [3.63, 3.8) is 0 Å². The molecule has 0 aromatic heterocycles. The average Bonchev–Trinajstić information content (AvgIpc) is 2.53. The fraction of sp³-hybridized carbons (Fsp3) is 0.235. The number of anilines is 1. The Kier molecular flexibility index (Phi) is 6.21. The fourth-order valence-electron chi connectivity index (χ4n) is 2.29. The Bertz CT molecular complexity index is 884. The topological polar surface area (TPSA) is 84.5 Å². The number of hydrogen-bond donors (Lipinski definition) is 2. The first kappa shape index (κ1) is 19.4. The van der Waals surface area contributed by atoms with Crippen molar-refractivity contribution in [2.24, 2.45) is 0 Å². The van der Waals surface area contributed by atoms with Gasteiger partial charge in [0, 0.05) is 17.4 Å². The van der Waals surface area contributed by atoms with Gasteiger partial charge in [-0.15, -0.1) is 0 Å². The second-order valence-electron chi connectivity index (χ2n) is 5.44. The van der Waals surface area contributed by atoms with E-state index in [-0.39, 0.29) is 10.8 Å². The minimum absolute atomic E-state index is 0.0406. The van der Waals surface area contributed by atoms with Crippen LogP contribution >= 0.6 is 15.9 Å². The Morgan fingerprint density at radius 3 is 2.52 bits per heavy atom. The molecule has 2 N–H and O–H groups in total. The van der Waals surface area contributed by atoms with Gasteiger partial charge in [0.05, 0.1) is 17.7 Å². The van der Waals surface area contributed by atoms with Crippen LogP contribution in [-0.2, 0) is 14.8 Å². The Labute approximate surface area is 155 Å². The van der Waals surface area contributed by atoms with E-state index in [9.17, 15) is 13.2 Å². The molecule has 25 heavy (non-hydrogen) atoms. The van der Waals surface area contributed by atoms with E-state index in [1.54, 1.807) is 6.92 Å². The minimum Gasteiger partial charge on any atom is -0.495 e. The molecule has 1 amide bonds. The van der Waals surface area contributed by atoms with Crippen LogP contribution in [0.1, 0.15) is 25.5 Å². The zero-order valence-electron chi connectivity index (χ0n) is 14.0. The third-order valence-electron chi connectivity index (χ3n) is 3.47. The van der Waals surface area contributed by atoms with Crippen LogP contribution in [-0.4, -0.2) is 21.4 Å². The Morgan fingerprint density at radius 2 is 1.92 bits per heavy atom. The molecule has 0 unspecified atom stereocenters. The van der Waals surface area contributed by atoms with Gasteiger partial charge in [0.2, 0.25) is 15.9 Å². The number of carbonyl (C=O) groups excluding carboxylic acids is 1. The average molecular weight is 427 g/mol. The smallest absolute Gasteiger partial charge is 0.241 e. The first-order valence-corrected chi connectivity index (χ1v) is 9.74. The van der Waals surface area contributed by atoms with E-state index in [0.29, 0.717) is 11.4 Å². The van der Waals surface area contributed by atoms with Crippen LogP contribution in [0.25, 0.3) is 0 Å². The maximum atomic E-state index is 12.7. The van der Waals surface area contributed by atoms with Gasteiger partial charge in [0.15, 0.2) is 0 Å². The molecule has 8 heteroatoms. The zero-order valence-corrected chi connectivity index (χ0v) is 16.4. The Balaban J connectivity index is 2.31. The van der Waals surface area contributed by atoms with Crippen LogP contribution in [0, 0.1) is 0 Å². The first-order valence-electron chi connectivity index (χ1n) is 7.46. The third-order valence-corrected chi connectivity index (χ3v) is 5.50. The van der Waals surface area contributed by atoms with Gasteiger partial charge in [0.25, 0.3) is 0 Å². The molecule has 6 nitrogen and oxygen atoms in total. The number of sulfonamides is 1. The van der Waals surface area contributed by atoms with Crippen LogP contribution in [0.3, 0.4) is 0 Å². The molecule has 134 valence electrons. The summed E-state index contributed by atoms with van der Waals surface area (Å²) in [5.74, 6) is 0.0671. The summed E-state index contributed by atoms with van der Waals surface area (Å²) in [5.41, 5.74) is 1.13. The van der Waals surface area contributed by atoms with E-state index in [0.717, 1.165) is 10.0 Å². The van der Waals surface area contributed by atoms with Crippen molar-refractivity contribution >= 4 is 37.5 Å². The number of methoxy groups -OCH3 is 1. The maximum absolute atomic E-state index is 12.7. The molecule has 0 aliphatic heterocycles. The second-order valence-corrected chi connectivity index (χ2v) is 8.07. The molecule has 1 atom stereocenters. The molecule has 0 fully saturated rings. The van der Waals surface area contributed by atoms with Crippen LogP contribution in [0.15, 0.2) is 51.8 Å². The highest BCUT2D eigenvalue weighted by Gasteiger charge is 2.20. The minimum atomic E-state index is -3.78. The Hall–Kier alpha value is -1.90. The van der Waals surface area contributed by atoms with E-state index >= 15 is 0 Å². The molecule has 0 aliphatic carbocycles. The van der Waals surface area contributed by atoms with Crippen molar-refractivity contribution in [1.82, 2.24) is 4.72 Å². The molecular formula is C17H19BrN2O4S. The summed E-state index contributed by atoms with van der Waals surface area (Å²) in [5, 5.41) is 2.57. The molecule has 0 radical (unpaired) electrons. The fourth-order valence-corrected chi connectivity index (χ4v) is 3.96. The molecule has 0 heterocycles. The van der Waals surface area contributed by atoms with Gasteiger partial charge in [-0.25, -0.2) is 13.1 Å². The summed E-state index contributed by atoms with van der Waals surface area (Å²) in [6.07, 6.45) is 0. The summed E-state index contributed by atoms with van der Waals surface area (Å²) < 4.78 is 34.0. The number of halogens is 1. The van der Waals surface area contributed by atoms with Crippen LogP contribution < -0.4 is 14.8 Å². The molecule has 2 aromatic carbocycles. The summed E-state index contributed by atoms with van der Waals surface area (Å²) in [4.78, 5) is 11.3. The highest BCUT2D eigenvalue weighted by molar-refractivity contribution is 9.10. The van der Waals surface area contributed by atoms with Gasteiger partial charge in [-0.2, -0.15) is 0 Å². The second kappa shape index (κ2) is 7.99. The lowest BCUT2D eigenvalue weighted by atomic mass is 10.1. The molecular weight excluding hydrogens is 408 g/mol. The van der Waals surface area contributed by atoms with Gasteiger partial charge in [-0.05, 0) is 42.8 Å². The van der Waals surface area contributed by atoms with Gasteiger partial charge in [-0.1, -0.05) is 28.1 Å². The summed E-state index contributed by atoms with van der Waals surface area (Å²) >= 11 is 3.37. The number of rotatable bonds is 6. The number of hydrogen-bond acceptors (Lipinski definition) is 4. The lowest BCUT2D eigenvalue weighted by Crippen LogP contribution is -2.27. The zero-order chi connectivity index (χ0) is 18.6.